The van der Waals surface area contributed by atoms with Crippen molar-refractivity contribution >= 4 is 17.2 Å². The zero-order valence-corrected chi connectivity index (χ0v) is 12.0. The van der Waals surface area contributed by atoms with Crippen LogP contribution in [0.5, 0.6) is 0 Å². The number of amides is 1. The zero-order valence-electron chi connectivity index (χ0n) is 11.2. The number of carbonyl (C=O) groups excluding carboxylic acids is 1. The molecule has 1 N–H and O–H groups in total. The van der Waals surface area contributed by atoms with Gasteiger partial charge in [-0.2, -0.15) is 0 Å². The fourth-order valence-electron chi connectivity index (χ4n) is 2.53. The third-order valence-corrected chi connectivity index (χ3v) is 4.64. The van der Waals surface area contributed by atoms with Gasteiger partial charge in [0.25, 0.3) is 0 Å². The summed E-state index contributed by atoms with van der Waals surface area (Å²) >= 11 is 1.74. The maximum absolute atomic E-state index is 12.5. The van der Waals surface area contributed by atoms with Crippen LogP contribution in [0.3, 0.4) is 0 Å². The average molecular weight is 279 g/mol. The Morgan fingerprint density at radius 2 is 2.21 bits per heavy atom. The first-order valence-electron chi connectivity index (χ1n) is 7.08. The van der Waals surface area contributed by atoms with Crippen molar-refractivity contribution in [2.24, 2.45) is 0 Å². The Labute approximate surface area is 118 Å². The van der Waals surface area contributed by atoms with Gasteiger partial charge in [-0.3, -0.25) is 9.69 Å². The van der Waals surface area contributed by atoms with E-state index in [9.17, 15) is 4.79 Å². The molecule has 1 aliphatic carbocycles. The molecule has 1 aromatic heterocycles. The smallest absolute Gasteiger partial charge is 0.237 e. The Hall–Kier alpha value is -0.910. The number of rotatable bonds is 5. The molecule has 0 aromatic carbocycles. The highest BCUT2D eigenvalue weighted by atomic mass is 32.1. The molecule has 2 fully saturated rings. The fraction of sp³-hybridized carbons (Fsp3) is 0.643. The Bertz CT molecular complexity index is 410. The number of carbonyl (C=O) groups is 1. The summed E-state index contributed by atoms with van der Waals surface area (Å²) in [6.07, 6.45) is 2.36. The maximum Gasteiger partial charge on any atom is 0.237 e. The monoisotopic (exact) mass is 279 g/mol. The van der Waals surface area contributed by atoms with Gasteiger partial charge in [0.2, 0.25) is 5.91 Å². The molecule has 0 bridgehead atoms. The molecule has 0 unspecified atom stereocenters. The zero-order chi connectivity index (χ0) is 13.1. The van der Waals surface area contributed by atoms with Crippen molar-refractivity contribution in [3.63, 3.8) is 0 Å². The molecule has 2 aliphatic rings. The van der Waals surface area contributed by atoms with E-state index in [1.807, 2.05) is 0 Å². The van der Waals surface area contributed by atoms with Crippen molar-refractivity contribution in [3.05, 3.63) is 22.4 Å². The van der Waals surface area contributed by atoms with Crippen LogP contribution in [-0.2, 0) is 11.3 Å². The van der Waals surface area contributed by atoms with Gasteiger partial charge in [-0.15, -0.1) is 11.3 Å². The fourth-order valence-corrected chi connectivity index (χ4v) is 3.23. The van der Waals surface area contributed by atoms with E-state index in [0.29, 0.717) is 18.5 Å². The molecule has 1 aliphatic heterocycles. The molecule has 0 atom stereocenters. The molecule has 1 saturated carbocycles. The van der Waals surface area contributed by atoms with Gasteiger partial charge in [-0.1, -0.05) is 6.07 Å². The molecule has 1 amide bonds. The lowest BCUT2D eigenvalue weighted by atomic mass is 10.3. The van der Waals surface area contributed by atoms with Gasteiger partial charge in [0, 0.05) is 37.1 Å². The van der Waals surface area contributed by atoms with Crippen molar-refractivity contribution in [1.29, 1.82) is 0 Å². The molecule has 0 radical (unpaired) electrons. The highest BCUT2D eigenvalue weighted by Gasteiger charge is 2.33. The minimum atomic E-state index is 0.304. The normalized spacial score (nSPS) is 20.4. The van der Waals surface area contributed by atoms with Gasteiger partial charge in [0.05, 0.1) is 13.1 Å². The van der Waals surface area contributed by atoms with Crippen molar-refractivity contribution < 1.29 is 4.79 Å². The lowest BCUT2D eigenvalue weighted by molar-refractivity contribution is -0.133. The Morgan fingerprint density at radius 3 is 2.84 bits per heavy atom. The van der Waals surface area contributed by atoms with Gasteiger partial charge in [-0.05, 0) is 24.3 Å². The summed E-state index contributed by atoms with van der Waals surface area (Å²) in [5.74, 6) is 0.304. The Balaban J connectivity index is 1.57. The predicted octanol–water partition coefficient (Wildman–Crippen LogP) is 1.14. The Morgan fingerprint density at radius 1 is 1.42 bits per heavy atom. The standard InChI is InChI=1S/C14H21N3OS/c18-14(11-16-7-5-15-6-8-16)17(12-3-4-12)10-13-2-1-9-19-13/h1-2,9,12,15H,3-8,10-11H2. The van der Waals surface area contributed by atoms with Crippen molar-refractivity contribution in [2.75, 3.05) is 32.7 Å². The van der Waals surface area contributed by atoms with Gasteiger partial charge in [-0.25, -0.2) is 0 Å². The SMILES string of the molecule is O=C(CN1CCNCC1)N(Cc1cccs1)C1CC1. The second-order valence-electron chi connectivity index (χ2n) is 5.36. The molecule has 19 heavy (non-hydrogen) atoms. The number of nitrogens with zero attached hydrogens (tertiary/aromatic N) is 2. The average Bonchev–Trinajstić information content (AvgIpc) is 3.14. The van der Waals surface area contributed by atoms with Crippen LogP contribution in [0.25, 0.3) is 0 Å². The second-order valence-corrected chi connectivity index (χ2v) is 6.39. The van der Waals surface area contributed by atoms with Crippen LogP contribution in [0.4, 0.5) is 0 Å². The minimum Gasteiger partial charge on any atom is -0.333 e. The quantitative estimate of drug-likeness (QED) is 0.878. The molecule has 4 nitrogen and oxygen atoms in total. The molecular weight excluding hydrogens is 258 g/mol. The van der Waals surface area contributed by atoms with E-state index in [1.54, 1.807) is 11.3 Å². The molecule has 0 spiro atoms. The van der Waals surface area contributed by atoms with Crippen LogP contribution < -0.4 is 5.32 Å². The summed E-state index contributed by atoms with van der Waals surface area (Å²) in [5, 5.41) is 5.41. The number of piperazine rings is 1. The molecule has 5 heteroatoms. The lowest BCUT2D eigenvalue weighted by Gasteiger charge is -2.30. The maximum atomic E-state index is 12.5. The first kappa shape index (κ1) is 13.1. The van der Waals surface area contributed by atoms with E-state index < -0.39 is 0 Å². The lowest BCUT2D eigenvalue weighted by Crippen LogP contribution is -2.48. The number of hydrogen-bond donors (Lipinski definition) is 1. The molecule has 1 saturated heterocycles. The number of thiophene rings is 1. The first-order chi connectivity index (χ1) is 9.33. The van der Waals surface area contributed by atoms with Crippen LogP contribution in [0.15, 0.2) is 17.5 Å². The molecule has 2 heterocycles. The first-order valence-corrected chi connectivity index (χ1v) is 7.96. The topological polar surface area (TPSA) is 35.6 Å². The van der Waals surface area contributed by atoms with Gasteiger partial charge < -0.3 is 10.2 Å². The Kier molecular flexibility index (Phi) is 4.15. The second kappa shape index (κ2) is 6.03. The van der Waals surface area contributed by atoms with Crippen LogP contribution in [0, 0.1) is 0 Å². The third kappa shape index (κ3) is 3.55. The summed E-state index contributed by atoms with van der Waals surface area (Å²) in [6.45, 7) is 5.37. The van der Waals surface area contributed by atoms with Gasteiger partial charge in [0.15, 0.2) is 0 Å². The van der Waals surface area contributed by atoms with E-state index in [2.05, 4.69) is 32.6 Å². The summed E-state index contributed by atoms with van der Waals surface area (Å²) in [4.78, 5) is 18.1. The minimum absolute atomic E-state index is 0.304. The largest absolute Gasteiger partial charge is 0.333 e. The van der Waals surface area contributed by atoms with Crippen molar-refractivity contribution in [2.45, 2.75) is 25.4 Å². The summed E-state index contributed by atoms with van der Waals surface area (Å²) in [5.41, 5.74) is 0. The highest BCUT2D eigenvalue weighted by Crippen LogP contribution is 2.29. The summed E-state index contributed by atoms with van der Waals surface area (Å²) in [6, 6.07) is 4.68. The third-order valence-electron chi connectivity index (χ3n) is 3.78. The van der Waals surface area contributed by atoms with Crippen molar-refractivity contribution in [3.8, 4) is 0 Å². The van der Waals surface area contributed by atoms with Crippen LogP contribution in [0.2, 0.25) is 0 Å². The summed E-state index contributed by atoms with van der Waals surface area (Å²) < 4.78 is 0. The van der Waals surface area contributed by atoms with Gasteiger partial charge in [0.1, 0.15) is 0 Å². The van der Waals surface area contributed by atoms with E-state index >= 15 is 0 Å². The van der Waals surface area contributed by atoms with Gasteiger partial charge >= 0.3 is 0 Å². The van der Waals surface area contributed by atoms with E-state index in [0.717, 1.165) is 32.7 Å². The number of nitrogens with one attached hydrogen (secondary N) is 1. The van der Waals surface area contributed by atoms with E-state index in [-0.39, 0.29) is 0 Å². The van der Waals surface area contributed by atoms with Crippen molar-refractivity contribution in [1.82, 2.24) is 15.1 Å². The number of hydrogen-bond acceptors (Lipinski definition) is 4. The van der Waals surface area contributed by atoms with Crippen LogP contribution in [-0.4, -0.2) is 54.5 Å². The van der Waals surface area contributed by atoms with E-state index in [1.165, 1.54) is 17.7 Å². The molecule has 3 rings (SSSR count). The summed E-state index contributed by atoms with van der Waals surface area (Å²) in [7, 11) is 0. The highest BCUT2D eigenvalue weighted by molar-refractivity contribution is 7.09. The van der Waals surface area contributed by atoms with E-state index in [4.69, 9.17) is 0 Å². The predicted molar refractivity (Wildman–Crippen MR) is 77.2 cm³/mol. The van der Waals surface area contributed by atoms with Crippen LogP contribution >= 0.6 is 11.3 Å². The molecule has 1 aromatic rings. The molecule has 104 valence electrons. The molecular formula is C14H21N3OS. The van der Waals surface area contributed by atoms with Crippen LogP contribution in [0.1, 0.15) is 17.7 Å².